The molecule has 2 atom stereocenters. The Morgan fingerprint density at radius 1 is 1.19 bits per heavy atom. The lowest BCUT2D eigenvalue weighted by Crippen LogP contribution is -2.19. The Morgan fingerprint density at radius 2 is 1.86 bits per heavy atom. The van der Waals surface area contributed by atoms with Crippen LogP contribution in [0.15, 0.2) is 42.6 Å². The Morgan fingerprint density at radius 3 is 2.38 bits per heavy atom. The van der Waals surface area contributed by atoms with Gasteiger partial charge in [-0.2, -0.15) is 5.26 Å². The third-order valence-electron chi connectivity index (χ3n) is 3.26. The molecule has 5 heteroatoms. The molecule has 0 aliphatic carbocycles. The second kappa shape index (κ2) is 6.71. The molecular formula is C16H12Cl2N2O. The third-order valence-corrected chi connectivity index (χ3v) is 3.92. The molecule has 0 spiro atoms. The summed E-state index contributed by atoms with van der Waals surface area (Å²) >= 11 is 12.3. The molecule has 0 saturated heterocycles. The molecule has 0 N–H and O–H groups in total. The lowest BCUT2D eigenvalue weighted by atomic mass is 9.87. The van der Waals surface area contributed by atoms with Crippen LogP contribution in [0.25, 0.3) is 0 Å². The summed E-state index contributed by atoms with van der Waals surface area (Å²) in [4.78, 5) is 16.7. The number of hydrogen-bond donors (Lipinski definition) is 0. The van der Waals surface area contributed by atoms with Crippen molar-refractivity contribution >= 4 is 29.0 Å². The summed E-state index contributed by atoms with van der Waals surface area (Å²) in [5.41, 5.74) is 0.974. The third kappa shape index (κ3) is 3.24. The monoisotopic (exact) mass is 318 g/mol. The second-order valence-corrected chi connectivity index (χ2v) is 5.39. The Bertz CT molecular complexity index is 675. The molecule has 2 unspecified atom stereocenters. The first kappa shape index (κ1) is 15.5. The highest BCUT2D eigenvalue weighted by molar-refractivity contribution is 6.36. The summed E-state index contributed by atoms with van der Waals surface area (Å²) in [5.74, 6) is -1.79. The minimum absolute atomic E-state index is 0.272. The van der Waals surface area contributed by atoms with E-state index >= 15 is 0 Å². The first-order valence-corrected chi connectivity index (χ1v) is 7.10. The molecule has 2 rings (SSSR count). The van der Waals surface area contributed by atoms with Crippen molar-refractivity contribution in [3.05, 3.63) is 63.9 Å². The van der Waals surface area contributed by atoms with Crippen LogP contribution in [-0.4, -0.2) is 10.8 Å². The van der Waals surface area contributed by atoms with Crippen molar-refractivity contribution in [3.63, 3.8) is 0 Å². The number of halogens is 2. The van der Waals surface area contributed by atoms with Crippen LogP contribution in [0.4, 0.5) is 0 Å². The number of rotatable bonds is 4. The maximum atomic E-state index is 12.6. The van der Waals surface area contributed by atoms with Crippen LogP contribution < -0.4 is 0 Å². The number of carbonyl (C=O) groups is 1. The van der Waals surface area contributed by atoms with Crippen LogP contribution in [-0.2, 0) is 4.79 Å². The molecule has 2 aromatic rings. The fourth-order valence-corrected chi connectivity index (χ4v) is 2.86. The van der Waals surface area contributed by atoms with Gasteiger partial charge in [-0.1, -0.05) is 42.3 Å². The van der Waals surface area contributed by atoms with Crippen molar-refractivity contribution in [2.45, 2.75) is 18.8 Å². The summed E-state index contributed by atoms with van der Waals surface area (Å²) in [6.07, 6.45) is 1.56. The summed E-state index contributed by atoms with van der Waals surface area (Å²) in [5, 5.41) is 10.1. The Labute approximate surface area is 133 Å². The first-order chi connectivity index (χ1) is 10.1. The van der Waals surface area contributed by atoms with Crippen LogP contribution in [0, 0.1) is 11.3 Å². The minimum Gasteiger partial charge on any atom is -0.297 e. The molecule has 3 nitrogen and oxygen atoms in total. The molecule has 1 heterocycles. The van der Waals surface area contributed by atoms with Crippen molar-refractivity contribution in [3.8, 4) is 6.07 Å². The molecule has 106 valence electrons. The zero-order chi connectivity index (χ0) is 15.4. The van der Waals surface area contributed by atoms with Crippen LogP contribution in [0.3, 0.4) is 0 Å². The lowest BCUT2D eigenvalue weighted by Gasteiger charge is -2.17. The van der Waals surface area contributed by atoms with Crippen molar-refractivity contribution in [2.24, 2.45) is 0 Å². The molecule has 0 saturated carbocycles. The first-order valence-electron chi connectivity index (χ1n) is 6.34. The van der Waals surface area contributed by atoms with E-state index in [1.165, 1.54) is 0 Å². The summed E-state index contributed by atoms with van der Waals surface area (Å²) in [6, 6.07) is 12.2. The molecule has 0 amide bonds. The number of aromatic nitrogens is 1. The van der Waals surface area contributed by atoms with Gasteiger partial charge in [0.25, 0.3) is 0 Å². The topological polar surface area (TPSA) is 53.8 Å². The van der Waals surface area contributed by atoms with E-state index in [9.17, 15) is 10.1 Å². The standard InChI is InChI=1S/C16H12Cl2N2O/c1-10(15-12(17)5-4-6-13(15)18)16(21)11(9-19)14-7-2-3-8-20-14/h2-8,10-11H,1H3. The number of benzene rings is 1. The molecule has 0 fully saturated rings. The maximum Gasteiger partial charge on any atom is 0.163 e. The average Bonchev–Trinajstić information content (AvgIpc) is 2.48. The Kier molecular flexibility index (Phi) is 4.95. The van der Waals surface area contributed by atoms with E-state index < -0.39 is 11.8 Å². The Balaban J connectivity index is 2.37. The Hall–Kier alpha value is -1.89. The highest BCUT2D eigenvalue weighted by atomic mass is 35.5. The molecule has 0 bridgehead atoms. The van der Waals surface area contributed by atoms with Gasteiger partial charge < -0.3 is 0 Å². The van der Waals surface area contributed by atoms with E-state index in [-0.39, 0.29) is 5.78 Å². The molecule has 0 aliphatic heterocycles. The number of Topliss-reactive ketones (excluding diaryl/α,β-unsaturated/α-hetero) is 1. The van der Waals surface area contributed by atoms with Gasteiger partial charge in [0.05, 0.1) is 11.8 Å². The molecule has 1 aromatic carbocycles. The predicted molar refractivity (Wildman–Crippen MR) is 82.5 cm³/mol. The average molecular weight is 319 g/mol. The van der Waals surface area contributed by atoms with Gasteiger partial charge in [0.1, 0.15) is 5.92 Å². The largest absolute Gasteiger partial charge is 0.297 e. The van der Waals surface area contributed by atoms with Crippen LogP contribution in [0.2, 0.25) is 10.0 Å². The number of hydrogen-bond acceptors (Lipinski definition) is 3. The van der Waals surface area contributed by atoms with Gasteiger partial charge in [-0.15, -0.1) is 0 Å². The predicted octanol–water partition coefficient (Wildman–Crippen LogP) is 4.37. The smallest absolute Gasteiger partial charge is 0.163 e. The van der Waals surface area contributed by atoms with Gasteiger partial charge in [0.15, 0.2) is 5.78 Å². The van der Waals surface area contributed by atoms with Crippen molar-refractivity contribution in [1.29, 1.82) is 5.26 Å². The van der Waals surface area contributed by atoms with E-state index in [0.29, 0.717) is 21.3 Å². The summed E-state index contributed by atoms with van der Waals surface area (Å²) in [7, 11) is 0. The summed E-state index contributed by atoms with van der Waals surface area (Å²) in [6.45, 7) is 1.70. The van der Waals surface area contributed by atoms with E-state index in [2.05, 4.69) is 4.98 Å². The van der Waals surface area contributed by atoms with Gasteiger partial charge in [0, 0.05) is 22.2 Å². The van der Waals surface area contributed by atoms with Crippen molar-refractivity contribution < 1.29 is 4.79 Å². The molecular weight excluding hydrogens is 307 g/mol. The van der Waals surface area contributed by atoms with Crippen molar-refractivity contribution in [1.82, 2.24) is 4.98 Å². The quantitative estimate of drug-likeness (QED) is 0.841. The zero-order valence-corrected chi connectivity index (χ0v) is 12.8. The fraction of sp³-hybridized carbons (Fsp3) is 0.188. The van der Waals surface area contributed by atoms with Gasteiger partial charge in [-0.25, -0.2) is 0 Å². The van der Waals surface area contributed by atoms with Crippen LogP contribution in [0.1, 0.15) is 30.0 Å². The van der Waals surface area contributed by atoms with E-state index in [1.54, 1.807) is 49.5 Å². The SMILES string of the molecule is CC(C(=O)C(C#N)c1ccccn1)c1c(Cl)cccc1Cl. The van der Waals surface area contributed by atoms with E-state index in [0.717, 1.165) is 0 Å². The van der Waals surface area contributed by atoms with Crippen LogP contribution in [0.5, 0.6) is 0 Å². The number of nitrogens with zero attached hydrogens (tertiary/aromatic N) is 2. The van der Waals surface area contributed by atoms with Gasteiger partial charge >= 0.3 is 0 Å². The summed E-state index contributed by atoms with van der Waals surface area (Å²) < 4.78 is 0. The molecule has 1 aromatic heterocycles. The molecule has 0 radical (unpaired) electrons. The number of pyridine rings is 1. The fourth-order valence-electron chi connectivity index (χ4n) is 2.14. The normalized spacial score (nSPS) is 13.2. The lowest BCUT2D eigenvalue weighted by molar-refractivity contribution is -0.120. The van der Waals surface area contributed by atoms with Crippen molar-refractivity contribution in [2.75, 3.05) is 0 Å². The minimum atomic E-state index is -0.937. The van der Waals surface area contributed by atoms with Gasteiger partial charge in [0.2, 0.25) is 0 Å². The number of carbonyl (C=O) groups excluding carboxylic acids is 1. The highest BCUT2D eigenvalue weighted by Crippen LogP contribution is 2.34. The van der Waals surface area contributed by atoms with E-state index in [1.807, 2.05) is 6.07 Å². The number of ketones is 1. The van der Waals surface area contributed by atoms with Gasteiger partial charge in [-0.3, -0.25) is 9.78 Å². The highest BCUT2D eigenvalue weighted by Gasteiger charge is 2.29. The molecule has 0 aliphatic rings. The second-order valence-electron chi connectivity index (χ2n) is 4.58. The van der Waals surface area contributed by atoms with E-state index in [4.69, 9.17) is 23.2 Å². The van der Waals surface area contributed by atoms with Crippen LogP contribution >= 0.6 is 23.2 Å². The zero-order valence-electron chi connectivity index (χ0n) is 11.3. The number of nitriles is 1. The molecule has 21 heavy (non-hydrogen) atoms. The van der Waals surface area contributed by atoms with Gasteiger partial charge in [-0.05, 0) is 29.8 Å². The maximum absolute atomic E-state index is 12.6.